The van der Waals surface area contributed by atoms with Crippen LogP contribution in [-0.2, 0) is 16.2 Å². The number of aliphatic carboxylic acids is 1. The summed E-state index contributed by atoms with van der Waals surface area (Å²) in [5, 5.41) is 20.6. The van der Waals surface area contributed by atoms with Crippen LogP contribution in [0.2, 0.25) is 0 Å². The maximum absolute atomic E-state index is 12.3. The highest BCUT2D eigenvalue weighted by Gasteiger charge is 2.36. The molecule has 7 heteroatoms. The molecule has 0 saturated carbocycles. The van der Waals surface area contributed by atoms with E-state index in [1.165, 1.54) is 0 Å². The normalized spacial score (nSPS) is 18.8. The summed E-state index contributed by atoms with van der Waals surface area (Å²) in [6.45, 7) is 0.471. The largest absolute Gasteiger partial charge is 0.493 e. The fraction of sp³-hybridized carbons (Fsp3) is 0.300. The number of carbonyl (C=O) groups is 2. The van der Waals surface area contributed by atoms with Gasteiger partial charge in [-0.3, -0.25) is 4.79 Å². The van der Waals surface area contributed by atoms with Crippen LogP contribution >= 0.6 is 0 Å². The fourth-order valence-corrected chi connectivity index (χ4v) is 3.06. The van der Waals surface area contributed by atoms with E-state index in [1.807, 2.05) is 0 Å². The first-order valence-electron chi connectivity index (χ1n) is 8.61. The number of hydrogen-bond acceptors (Lipinski definition) is 5. The van der Waals surface area contributed by atoms with Crippen LogP contribution in [0, 0.1) is 5.92 Å². The number of carboxylic acid groups (broad SMARTS) is 1. The van der Waals surface area contributed by atoms with E-state index in [0.717, 1.165) is 11.1 Å². The zero-order chi connectivity index (χ0) is 19.2. The number of aliphatic hydroxyl groups is 1. The molecule has 0 aromatic heterocycles. The molecule has 2 aromatic rings. The Morgan fingerprint density at radius 2 is 1.67 bits per heavy atom. The number of carboxylic acids is 1. The Morgan fingerprint density at radius 1 is 1.04 bits per heavy atom. The summed E-state index contributed by atoms with van der Waals surface area (Å²) in [7, 11) is 0. The minimum atomic E-state index is -1.04. The van der Waals surface area contributed by atoms with Crippen LogP contribution in [0.4, 0.5) is 0 Å². The molecule has 1 unspecified atom stereocenters. The quantitative estimate of drug-likeness (QED) is 0.650. The van der Waals surface area contributed by atoms with Gasteiger partial charge >= 0.3 is 5.97 Å². The molecule has 1 fully saturated rings. The van der Waals surface area contributed by atoms with Gasteiger partial charge in [0, 0.05) is 12.5 Å². The van der Waals surface area contributed by atoms with Gasteiger partial charge in [0.15, 0.2) is 6.61 Å². The molecule has 1 aliphatic heterocycles. The van der Waals surface area contributed by atoms with Crippen molar-refractivity contribution in [2.75, 3.05) is 19.8 Å². The highest BCUT2D eigenvalue weighted by atomic mass is 16.5. The van der Waals surface area contributed by atoms with E-state index in [2.05, 4.69) is 5.32 Å². The standard InChI is InChI=1S/C20H21NO6/c22-10-13-1-5-16(6-2-13)26-11-15-9-21-20(25)19(15)14-3-7-17(8-4-14)27-12-18(23)24/h1-8,15,19,22H,9-12H2,(H,21,25)(H,23,24)/t15-,19?/m1/s1. The van der Waals surface area contributed by atoms with Crippen molar-refractivity contribution < 1.29 is 29.3 Å². The molecule has 1 heterocycles. The predicted molar refractivity (Wildman–Crippen MR) is 96.7 cm³/mol. The zero-order valence-electron chi connectivity index (χ0n) is 14.6. The highest BCUT2D eigenvalue weighted by Crippen LogP contribution is 2.31. The SMILES string of the molecule is O=C(O)COc1ccc(C2C(=O)NC[C@@H]2COc2ccc(CO)cc2)cc1. The number of hydrogen-bond donors (Lipinski definition) is 3. The number of nitrogens with one attached hydrogen (secondary N) is 1. The van der Waals surface area contributed by atoms with Crippen molar-refractivity contribution in [2.45, 2.75) is 12.5 Å². The molecule has 2 atom stereocenters. The molecule has 0 aliphatic carbocycles. The number of carbonyl (C=O) groups excluding carboxylic acids is 1. The smallest absolute Gasteiger partial charge is 0.341 e. The van der Waals surface area contributed by atoms with Crippen molar-refractivity contribution in [2.24, 2.45) is 5.92 Å². The first kappa shape index (κ1) is 18.7. The Labute approximate surface area is 156 Å². The van der Waals surface area contributed by atoms with E-state index < -0.39 is 12.6 Å². The highest BCUT2D eigenvalue weighted by molar-refractivity contribution is 5.86. The molecule has 3 N–H and O–H groups in total. The van der Waals surface area contributed by atoms with E-state index in [1.54, 1.807) is 48.5 Å². The summed E-state index contributed by atoms with van der Waals surface area (Å²) in [5.74, 6) is -0.341. The summed E-state index contributed by atoms with van der Waals surface area (Å²) in [6.07, 6.45) is 0. The number of amides is 1. The second-order valence-corrected chi connectivity index (χ2v) is 6.35. The van der Waals surface area contributed by atoms with Gasteiger partial charge in [-0.1, -0.05) is 24.3 Å². The Bertz CT molecular complexity index is 787. The molecular formula is C20H21NO6. The van der Waals surface area contributed by atoms with Gasteiger partial charge in [0.05, 0.1) is 19.1 Å². The second kappa shape index (κ2) is 8.55. The van der Waals surface area contributed by atoms with E-state index in [4.69, 9.17) is 19.7 Å². The van der Waals surface area contributed by atoms with Crippen molar-refractivity contribution in [3.8, 4) is 11.5 Å². The second-order valence-electron chi connectivity index (χ2n) is 6.35. The van der Waals surface area contributed by atoms with Gasteiger partial charge in [-0.05, 0) is 35.4 Å². The summed E-state index contributed by atoms with van der Waals surface area (Å²) >= 11 is 0. The molecule has 0 bridgehead atoms. The van der Waals surface area contributed by atoms with Gasteiger partial charge in [0.1, 0.15) is 11.5 Å². The molecule has 1 saturated heterocycles. The molecule has 2 aromatic carbocycles. The van der Waals surface area contributed by atoms with Gasteiger partial charge in [0.2, 0.25) is 5.91 Å². The van der Waals surface area contributed by atoms with E-state index in [-0.39, 0.29) is 24.3 Å². The molecule has 1 aliphatic rings. The molecule has 1 amide bonds. The minimum Gasteiger partial charge on any atom is -0.493 e. The molecule has 7 nitrogen and oxygen atoms in total. The first-order valence-corrected chi connectivity index (χ1v) is 8.61. The molecule has 0 spiro atoms. The van der Waals surface area contributed by atoms with Gasteiger partial charge in [0.25, 0.3) is 0 Å². The number of aliphatic hydroxyl groups excluding tert-OH is 1. The average Bonchev–Trinajstić information content (AvgIpc) is 3.06. The van der Waals surface area contributed by atoms with Crippen molar-refractivity contribution in [3.63, 3.8) is 0 Å². The van der Waals surface area contributed by atoms with Crippen LogP contribution in [0.1, 0.15) is 17.0 Å². The summed E-state index contributed by atoms with van der Waals surface area (Å²) in [6, 6.07) is 14.0. The van der Waals surface area contributed by atoms with Crippen molar-refractivity contribution in [3.05, 3.63) is 59.7 Å². The van der Waals surface area contributed by atoms with Gasteiger partial charge in [-0.15, -0.1) is 0 Å². The molecule has 27 heavy (non-hydrogen) atoms. The third kappa shape index (κ3) is 4.77. The summed E-state index contributed by atoms with van der Waals surface area (Å²) < 4.78 is 10.9. The van der Waals surface area contributed by atoms with Crippen LogP contribution in [0.3, 0.4) is 0 Å². The van der Waals surface area contributed by atoms with Crippen LogP contribution in [0.25, 0.3) is 0 Å². The maximum atomic E-state index is 12.3. The van der Waals surface area contributed by atoms with Gasteiger partial charge in [-0.25, -0.2) is 4.79 Å². The van der Waals surface area contributed by atoms with Gasteiger partial charge in [-0.2, -0.15) is 0 Å². The minimum absolute atomic E-state index is 0.0183. The van der Waals surface area contributed by atoms with Crippen molar-refractivity contribution in [1.82, 2.24) is 5.32 Å². The Balaban J connectivity index is 1.63. The summed E-state index contributed by atoms with van der Waals surface area (Å²) in [4.78, 5) is 22.8. The lowest BCUT2D eigenvalue weighted by Gasteiger charge is -2.18. The van der Waals surface area contributed by atoms with Crippen LogP contribution in [-0.4, -0.2) is 41.8 Å². The molecular weight excluding hydrogens is 350 g/mol. The lowest BCUT2D eigenvalue weighted by atomic mass is 9.89. The first-order chi connectivity index (χ1) is 13.1. The number of ether oxygens (including phenoxy) is 2. The molecule has 3 rings (SSSR count). The average molecular weight is 371 g/mol. The predicted octanol–water partition coefficient (Wildman–Crippen LogP) is 1.55. The zero-order valence-corrected chi connectivity index (χ0v) is 14.6. The van der Waals surface area contributed by atoms with Crippen LogP contribution in [0.5, 0.6) is 11.5 Å². The third-order valence-electron chi connectivity index (χ3n) is 4.46. The number of rotatable bonds is 8. The monoisotopic (exact) mass is 371 g/mol. The lowest BCUT2D eigenvalue weighted by Crippen LogP contribution is -2.20. The Kier molecular flexibility index (Phi) is 5.93. The fourth-order valence-electron chi connectivity index (χ4n) is 3.06. The van der Waals surface area contributed by atoms with Crippen molar-refractivity contribution in [1.29, 1.82) is 0 Å². The lowest BCUT2D eigenvalue weighted by molar-refractivity contribution is -0.139. The maximum Gasteiger partial charge on any atom is 0.341 e. The van der Waals surface area contributed by atoms with E-state index in [9.17, 15) is 9.59 Å². The molecule has 0 radical (unpaired) electrons. The third-order valence-corrected chi connectivity index (χ3v) is 4.46. The van der Waals surface area contributed by atoms with Crippen LogP contribution < -0.4 is 14.8 Å². The number of benzene rings is 2. The van der Waals surface area contributed by atoms with Crippen molar-refractivity contribution >= 4 is 11.9 Å². The van der Waals surface area contributed by atoms with E-state index >= 15 is 0 Å². The Morgan fingerprint density at radius 3 is 2.30 bits per heavy atom. The summed E-state index contributed by atoms with van der Waals surface area (Å²) in [5.41, 5.74) is 1.64. The van der Waals surface area contributed by atoms with E-state index in [0.29, 0.717) is 24.7 Å². The topological polar surface area (TPSA) is 105 Å². The molecule has 142 valence electrons. The van der Waals surface area contributed by atoms with Gasteiger partial charge < -0.3 is 25.0 Å². The van der Waals surface area contributed by atoms with Crippen LogP contribution in [0.15, 0.2) is 48.5 Å². The Hall–Kier alpha value is -3.06.